The van der Waals surface area contributed by atoms with Gasteiger partial charge in [-0.25, -0.2) is 4.39 Å². The zero-order valence-electron chi connectivity index (χ0n) is 10.4. The van der Waals surface area contributed by atoms with Crippen LogP contribution in [0.15, 0.2) is 41.1 Å². The number of rotatable bonds is 4. The quantitative estimate of drug-likeness (QED) is 0.937. The molecule has 0 spiro atoms. The SMILES string of the molecule is CCOc1cncc(C(N)c2cccc(Br)c2F)c1. The number of nitrogens with zero attached hydrogens (tertiary/aromatic N) is 1. The summed E-state index contributed by atoms with van der Waals surface area (Å²) in [5.74, 6) is 0.280. The molecule has 2 N–H and O–H groups in total. The number of aromatic nitrogens is 1. The molecule has 0 saturated carbocycles. The van der Waals surface area contributed by atoms with Gasteiger partial charge in [-0.2, -0.15) is 0 Å². The van der Waals surface area contributed by atoms with Crippen LogP contribution in [0.2, 0.25) is 0 Å². The van der Waals surface area contributed by atoms with Crippen molar-refractivity contribution in [3.05, 3.63) is 58.1 Å². The van der Waals surface area contributed by atoms with Crippen molar-refractivity contribution in [1.29, 1.82) is 0 Å². The molecule has 1 atom stereocenters. The molecule has 0 radical (unpaired) electrons. The van der Waals surface area contributed by atoms with Crippen molar-refractivity contribution < 1.29 is 9.13 Å². The Kier molecular flexibility index (Phi) is 4.50. The predicted molar refractivity (Wildman–Crippen MR) is 75.5 cm³/mol. The van der Waals surface area contributed by atoms with Crippen molar-refractivity contribution in [2.45, 2.75) is 13.0 Å². The summed E-state index contributed by atoms with van der Waals surface area (Å²) in [5, 5.41) is 0. The summed E-state index contributed by atoms with van der Waals surface area (Å²) in [5.41, 5.74) is 7.23. The van der Waals surface area contributed by atoms with Crippen LogP contribution in [0.3, 0.4) is 0 Å². The fourth-order valence-corrected chi connectivity index (χ4v) is 2.17. The lowest BCUT2D eigenvalue weighted by molar-refractivity contribution is 0.338. The largest absolute Gasteiger partial charge is 0.492 e. The molecular formula is C14H14BrFN2O. The molecule has 2 aromatic rings. The van der Waals surface area contributed by atoms with E-state index >= 15 is 0 Å². The molecule has 0 aliphatic carbocycles. The smallest absolute Gasteiger partial charge is 0.142 e. The second-order valence-corrected chi connectivity index (χ2v) is 4.86. The fraction of sp³-hybridized carbons (Fsp3) is 0.214. The molecule has 0 aliphatic heterocycles. The van der Waals surface area contributed by atoms with Gasteiger partial charge in [0.05, 0.1) is 23.3 Å². The van der Waals surface area contributed by atoms with Crippen LogP contribution in [-0.2, 0) is 0 Å². The van der Waals surface area contributed by atoms with Crippen molar-refractivity contribution in [3.63, 3.8) is 0 Å². The van der Waals surface area contributed by atoms with Crippen molar-refractivity contribution in [2.75, 3.05) is 6.61 Å². The number of halogens is 2. The maximum absolute atomic E-state index is 14.0. The van der Waals surface area contributed by atoms with Gasteiger partial charge in [-0.05, 0) is 40.5 Å². The number of benzene rings is 1. The van der Waals surface area contributed by atoms with E-state index in [0.717, 1.165) is 0 Å². The molecule has 0 aliphatic rings. The van der Waals surface area contributed by atoms with Crippen LogP contribution in [-0.4, -0.2) is 11.6 Å². The third-order valence-electron chi connectivity index (χ3n) is 2.72. The zero-order chi connectivity index (χ0) is 13.8. The minimum Gasteiger partial charge on any atom is -0.492 e. The van der Waals surface area contributed by atoms with E-state index in [-0.39, 0.29) is 5.82 Å². The summed E-state index contributed by atoms with van der Waals surface area (Å²) in [4.78, 5) is 4.06. The third-order valence-corrected chi connectivity index (χ3v) is 3.33. The lowest BCUT2D eigenvalue weighted by Crippen LogP contribution is -2.14. The van der Waals surface area contributed by atoms with Crippen LogP contribution in [0.1, 0.15) is 24.1 Å². The average molecular weight is 325 g/mol. The number of hydrogen-bond acceptors (Lipinski definition) is 3. The molecule has 1 aromatic carbocycles. The molecule has 0 saturated heterocycles. The first-order valence-corrected chi connectivity index (χ1v) is 6.70. The fourth-order valence-electron chi connectivity index (χ4n) is 1.79. The lowest BCUT2D eigenvalue weighted by atomic mass is 10.0. The Balaban J connectivity index is 2.35. The molecule has 3 nitrogen and oxygen atoms in total. The van der Waals surface area contributed by atoms with E-state index in [9.17, 15) is 4.39 Å². The van der Waals surface area contributed by atoms with Gasteiger partial charge in [-0.15, -0.1) is 0 Å². The maximum atomic E-state index is 14.0. The van der Waals surface area contributed by atoms with E-state index in [2.05, 4.69) is 20.9 Å². The Bertz CT molecular complexity index is 577. The Hall–Kier alpha value is -1.46. The minimum atomic E-state index is -0.578. The number of nitrogens with two attached hydrogens (primary N) is 1. The zero-order valence-corrected chi connectivity index (χ0v) is 12.0. The van der Waals surface area contributed by atoms with E-state index in [4.69, 9.17) is 10.5 Å². The standard InChI is InChI=1S/C14H14BrFN2O/c1-2-19-10-6-9(7-18-8-10)14(17)11-4-3-5-12(15)13(11)16/h3-8,14H,2,17H2,1H3. The van der Waals surface area contributed by atoms with E-state index in [1.165, 1.54) is 0 Å². The van der Waals surface area contributed by atoms with E-state index in [0.29, 0.717) is 28.0 Å². The van der Waals surface area contributed by atoms with Crippen molar-refractivity contribution in [2.24, 2.45) is 5.73 Å². The van der Waals surface area contributed by atoms with E-state index < -0.39 is 6.04 Å². The summed E-state index contributed by atoms with van der Waals surface area (Å²) in [6.07, 6.45) is 3.23. The molecule has 0 bridgehead atoms. The van der Waals surface area contributed by atoms with Gasteiger partial charge in [0, 0.05) is 11.8 Å². The average Bonchev–Trinajstić information content (AvgIpc) is 2.42. The van der Waals surface area contributed by atoms with Gasteiger partial charge < -0.3 is 10.5 Å². The van der Waals surface area contributed by atoms with Crippen LogP contribution in [0.4, 0.5) is 4.39 Å². The number of ether oxygens (including phenoxy) is 1. The molecule has 2 rings (SSSR count). The van der Waals surface area contributed by atoms with Gasteiger partial charge in [0.25, 0.3) is 0 Å². The van der Waals surface area contributed by atoms with Gasteiger partial charge in [-0.3, -0.25) is 4.98 Å². The second-order valence-electron chi connectivity index (χ2n) is 4.01. The normalized spacial score (nSPS) is 12.2. The Labute approximate surface area is 119 Å². The van der Waals surface area contributed by atoms with Crippen molar-refractivity contribution in [1.82, 2.24) is 4.98 Å². The Morgan fingerprint density at radius 1 is 1.42 bits per heavy atom. The van der Waals surface area contributed by atoms with E-state index in [1.807, 2.05) is 6.92 Å². The molecule has 0 fully saturated rings. The van der Waals surface area contributed by atoms with Crippen LogP contribution < -0.4 is 10.5 Å². The molecule has 19 heavy (non-hydrogen) atoms. The summed E-state index contributed by atoms with van der Waals surface area (Å²) in [7, 11) is 0. The summed E-state index contributed by atoms with van der Waals surface area (Å²) in [6.45, 7) is 2.44. The minimum absolute atomic E-state index is 0.350. The summed E-state index contributed by atoms with van der Waals surface area (Å²) in [6, 6.07) is 6.26. The monoisotopic (exact) mass is 324 g/mol. The first kappa shape index (κ1) is 14.0. The molecule has 1 unspecified atom stereocenters. The molecule has 1 aromatic heterocycles. The van der Waals surface area contributed by atoms with Gasteiger partial charge in [0.15, 0.2) is 0 Å². The van der Waals surface area contributed by atoms with Gasteiger partial charge in [0.1, 0.15) is 11.6 Å². The van der Waals surface area contributed by atoms with Crippen molar-refractivity contribution in [3.8, 4) is 5.75 Å². The summed E-state index contributed by atoms with van der Waals surface area (Å²) < 4.78 is 19.8. The van der Waals surface area contributed by atoms with Gasteiger partial charge in [0.2, 0.25) is 0 Å². The highest BCUT2D eigenvalue weighted by atomic mass is 79.9. The van der Waals surface area contributed by atoms with Crippen LogP contribution >= 0.6 is 15.9 Å². The molecule has 5 heteroatoms. The number of pyridine rings is 1. The molecule has 1 heterocycles. The highest BCUT2D eigenvalue weighted by Gasteiger charge is 2.16. The third kappa shape index (κ3) is 3.11. The summed E-state index contributed by atoms with van der Waals surface area (Å²) >= 11 is 3.16. The van der Waals surface area contributed by atoms with Crippen LogP contribution in [0, 0.1) is 5.82 Å². The van der Waals surface area contributed by atoms with E-state index in [1.54, 1.807) is 36.7 Å². The first-order valence-electron chi connectivity index (χ1n) is 5.90. The van der Waals surface area contributed by atoms with Crippen LogP contribution in [0.5, 0.6) is 5.75 Å². The molecular weight excluding hydrogens is 311 g/mol. The maximum Gasteiger partial charge on any atom is 0.142 e. The molecule has 100 valence electrons. The van der Waals surface area contributed by atoms with Crippen LogP contribution in [0.25, 0.3) is 0 Å². The van der Waals surface area contributed by atoms with Crippen molar-refractivity contribution >= 4 is 15.9 Å². The lowest BCUT2D eigenvalue weighted by Gasteiger charge is -2.14. The Morgan fingerprint density at radius 3 is 2.95 bits per heavy atom. The topological polar surface area (TPSA) is 48.1 Å². The predicted octanol–water partition coefficient (Wildman–Crippen LogP) is 3.43. The second kappa shape index (κ2) is 6.12. The van der Waals surface area contributed by atoms with Gasteiger partial charge in [-0.1, -0.05) is 12.1 Å². The first-order chi connectivity index (χ1) is 9.13. The number of hydrogen-bond donors (Lipinski definition) is 1. The van der Waals surface area contributed by atoms with Gasteiger partial charge >= 0.3 is 0 Å². The highest BCUT2D eigenvalue weighted by molar-refractivity contribution is 9.10. The molecule has 0 amide bonds. The highest BCUT2D eigenvalue weighted by Crippen LogP contribution is 2.27. The Morgan fingerprint density at radius 2 is 2.21 bits per heavy atom.